The number of benzene rings is 2. The van der Waals surface area contributed by atoms with Crippen LogP contribution in [-0.2, 0) is 17.6 Å². The van der Waals surface area contributed by atoms with Crippen molar-refractivity contribution in [3.05, 3.63) is 70.1 Å². The van der Waals surface area contributed by atoms with Gasteiger partial charge < -0.3 is 14.8 Å². The number of carbonyl (C=O) groups is 1. The quantitative estimate of drug-likeness (QED) is 0.657. The molecule has 0 aliphatic carbocycles. The summed E-state index contributed by atoms with van der Waals surface area (Å²) in [4.78, 5) is 23.6. The number of amides is 1. The molecule has 3 aromatic rings. The van der Waals surface area contributed by atoms with E-state index in [1.165, 1.54) is 0 Å². The minimum Gasteiger partial charge on any atom is -0.507 e. The van der Waals surface area contributed by atoms with Gasteiger partial charge in [0.15, 0.2) is 0 Å². The van der Waals surface area contributed by atoms with Gasteiger partial charge >= 0.3 is 5.63 Å². The maximum atomic E-state index is 12.1. The van der Waals surface area contributed by atoms with Crippen molar-refractivity contribution in [3.63, 3.8) is 0 Å². The molecule has 0 aliphatic rings. The van der Waals surface area contributed by atoms with Gasteiger partial charge in [0, 0.05) is 12.1 Å². The van der Waals surface area contributed by atoms with Crippen molar-refractivity contribution < 1.29 is 14.3 Å². The Morgan fingerprint density at radius 3 is 2.73 bits per heavy atom. The summed E-state index contributed by atoms with van der Waals surface area (Å²) < 4.78 is 5.29. The van der Waals surface area contributed by atoms with E-state index in [0.29, 0.717) is 35.8 Å². The lowest BCUT2D eigenvalue weighted by molar-refractivity contribution is -0.115. The second kappa shape index (κ2) is 7.87. The van der Waals surface area contributed by atoms with Crippen LogP contribution in [0.25, 0.3) is 11.0 Å². The fraction of sp³-hybridized carbons (Fsp3) is 0.238. The van der Waals surface area contributed by atoms with E-state index in [1.807, 2.05) is 24.3 Å². The Hall–Kier alpha value is -3.08. The van der Waals surface area contributed by atoms with Crippen molar-refractivity contribution in [2.45, 2.75) is 32.6 Å². The number of aromatic hydroxyl groups is 1. The highest BCUT2D eigenvalue weighted by Gasteiger charge is 2.13. The van der Waals surface area contributed by atoms with Gasteiger partial charge in [-0.1, -0.05) is 31.2 Å². The third-order valence-electron chi connectivity index (χ3n) is 4.30. The molecule has 1 amide bonds. The highest BCUT2D eigenvalue weighted by Crippen LogP contribution is 2.27. The lowest BCUT2D eigenvalue weighted by Crippen LogP contribution is -2.10. The topological polar surface area (TPSA) is 79.5 Å². The molecule has 0 saturated carbocycles. The van der Waals surface area contributed by atoms with Crippen LogP contribution < -0.4 is 10.9 Å². The number of para-hydroxylation sites is 1. The predicted molar refractivity (Wildman–Crippen MR) is 102 cm³/mol. The smallest absolute Gasteiger partial charge is 0.343 e. The van der Waals surface area contributed by atoms with Gasteiger partial charge in [-0.15, -0.1) is 0 Å². The Labute approximate surface area is 151 Å². The van der Waals surface area contributed by atoms with Crippen LogP contribution in [0, 0.1) is 0 Å². The number of rotatable bonds is 6. The molecule has 0 saturated heterocycles. The Kier molecular flexibility index (Phi) is 5.37. The zero-order chi connectivity index (χ0) is 18.5. The first-order valence-corrected chi connectivity index (χ1v) is 8.71. The van der Waals surface area contributed by atoms with E-state index >= 15 is 0 Å². The minimum atomic E-state index is -0.495. The first-order valence-electron chi connectivity index (χ1n) is 8.71. The molecule has 134 valence electrons. The van der Waals surface area contributed by atoms with Crippen LogP contribution in [0.15, 0.2) is 57.7 Å². The molecule has 0 fully saturated rings. The Morgan fingerprint density at radius 2 is 1.92 bits per heavy atom. The van der Waals surface area contributed by atoms with Crippen molar-refractivity contribution in [1.29, 1.82) is 0 Å². The molecule has 0 bridgehead atoms. The summed E-state index contributed by atoms with van der Waals surface area (Å²) in [6.07, 6.45) is 2.26. The SMILES string of the molecule is CCC(=O)Nc1cccc(CCCc2c(O)c3ccccc3oc2=O)c1. The van der Waals surface area contributed by atoms with Gasteiger partial charge in [-0.3, -0.25) is 4.79 Å². The van der Waals surface area contributed by atoms with E-state index in [1.54, 1.807) is 31.2 Å². The molecule has 3 rings (SSSR count). The van der Waals surface area contributed by atoms with Crippen molar-refractivity contribution >= 4 is 22.6 Å². The zero-order valence-electron chi connectivity index (χ0n) is 14.6. The summed E-state index contributed by atoms with van der Waals surface area (Å²) in [5, 5.41) is 13.8. The van der Waals surface area contributed by atoms with E-state index in [0.717, 1.165) is 17.7 Å². The van der Waals surface area contributed by atoms with Crippen molar-refractivity contribution in [2.75, 3.05) is 5.32 Å². The van der Waals surface area contributed by atoms with Crippen molar-refractivity contribution in [3.8, 4) is 5.75 Å². The molecular formula is C21H21NO4. The number of anilines is 1. The van der Waals surface area contributed by atoms with Crippen LogP contribution in [-0.4, -0.2) is 11.0 Å². The maximum absolute atomic E-state index is 12.1. The summed E-state index contributed by atoms with van der Waals surface area (Å²) in [6, 6.07) is 14.6. The lowest BCUT2D eigenvalue weighted by Gasteiger charge is -2.08. The molecule has 1 heterocycles. The van der Waals surface area contributed by atoms with Gasteiger partial charge in [-0.25, -0.2) is 4.79 Å². The second-order valence-electron chi connectivity index (χ2n) is 6.17. The number of hydrogen-bond donors (Lipinski definition) is 2. The fourth-order valence-electron chi connectivity index (χ4n) is 2.92. The molecule has 26 heavy (non-hydrogen) atoms. The van der Waals surface area contributed by atoms with E-state index in [9.17, 15) is 14.7 Å². The van der Waals surface area contributed by atoms with Gasteiger partial charge in [-0.2, -0.15) is 0 Å². The summed E-state index contributed by atoms with van der Waals surface area (Å²) in [5.74, 6) is -0.0262. The normalized spacial score (nSPS) is 10.8. The Balaban J connectivity index is 1.71. The number of nitrogens with one attached hydrogen (secondary N) is 1. The molecule has 2 aromatic carbocycles. The highest BCUT2D eigenvalue weighted by molar-refractivity contribution is 5.90. The largest absolute Gasteiger partial charge is 0.507 e. The monoisotopic (exact) mass is 351 g/mol. The minimum absolute atomic E-state index is 0.000750. The Bertz CT molecular complexity index is 991. The summed E-state index contributed by atoms with van der Waals surface area (Å²) in [7, 11) is 0. The van der Waals surface area contributed by atoms with Crippen LogP contribution in [0.5, 0.6) is 5.75 Å². The molecule has 0 atom stereocenters. The number of aryl methyl sites for hydroxylation is 1. The zero-order valence-corrected chi connectivity index (χ0v) is 14.6. The van der Waals surface area contributed by atoms with E-state index in [4.69, 9.17) is 4.42 Å². The van der Waals surface area contributed by atoms with E-state index in [2.05, 4.69) is 5.32 Å². The van der Waals surface area contributed by atoms with Crippen LogP contribution in [0.4, 0.5) is 5.69 Å². The molecule has 1 aromatic heterocycles. The molecule has 5 heteroatoms. The van der Waals surface area contributed by atoms with Crippen LogP contribution in [0.1, 0.15) is 30.9 Å². The van der Waals surface area contributed by atoms with Gasteiger partial charge in [0.25, 0.3) is 0 Å². The predicted octanol–water partition coefficient (Wildman–Crippen LogP) is 4.02. The standard InChI is InChI=1S/C21H21NO4/c1-2-19(23)22-15-9-5-7-14(13-15)8-6-11-17-20(24)16-10-3-4-12-18(16)26-21(17)25/h3-5,7,9-10,12-13,24H,2,6,8,11H2,1H3,(H,22,23). The molecule has 0 radical (unpaired) electrons. The van der Waals surface area contributed by atoms with E-state index in [-0.39, 0.29) is 11.7 Å². The summed E-state index contributed by atoms with van der Waals surface area (Å²) in [6.45, 7) is 1.81. The van der Waals surface area contributed by atoms with Gasteiger partial charge in [0.2, 0.25) is 5.91 Å². The lowest BCUT2D eigenvalue weighted by atomic mass is 10.0. The van der Waals surface area contributed by atoms with Gasteiger partial charge in [0.05, 0.1) is 10.9 Å². The highest BCUT2D eigenvalue weighted by atomic mass is 16.4. The van der Waals surface area contributed by atoms with Crippen LogP contribution in [0.2, 0.25) is 0 Å². The van der Waals surface area contributed by atoms with E-state index < -0.39 is 5.63 Å². The molecular weight excluding hydrogens is 330 g/mol. The number of hydrogen-bond acceptors (Lipinski definition) is 4. The van der Waals surface area contributed by atoms with Crippen LogP contribution in [0.3, 0.4) is 0 Å². The van der Waals surface area contributed by atoms with Crippen molar-refractivity contribution in [1.82, 2.24) is 0 Å². The van der Waals surface area contributed by atoms with Gasteiger partial charge in [-0.05, 0) is 49.1 Å². The van der Waals surface area contributed by atoms with Crippen molar-refractivity contribution in [2.24, 2.45) is 0 Å². The maximum Gasteiger partial charge on any atom is 0.343 e. The average molecular weight is 351 g/mol. The second-order valence-corrected chi connectivity index (χ2v) is 6.17. The molecule has 0 aliphatic heterocycles. The third-order valence-corrected chi connectivity index (χ3v) is 4.30. The molecule has 0 unspecified atom stereocenters. The third kappa shape index (κ3) is 3.94. The average Bonchev–Trinajstić information content (AvgIpc) is 2.64. The Morgan fingerprint density at radius 1 is 1.12 bits per heavy atom. The molecule has 0 spiro atoms. The number of fused-ring (bicyclic) bond motifs is 1. The summed E-state index contributed by atoms with van der Waals surface area (Å²) in [5.41, 5.74) is 2.02. The molecule has 2 N–H and O–H groups in total. The first kappa shape index (κ1) is 17.7. The molecule has 5 nitrogen and oxygen atoms in total. The first-order chi connectivity index (χ1) is 12.6. The number of carbonyl (C=O) groups excluding carboxylic acids is 1. The summed E-state index contributed by atoms with van der Waals surface area (Å²) >= 11 is 0. The van der Waals surface area contributed by atoms with Gasteiger partial charge in [0.1, 0.15) is 11.3 Å². The fourth-order valence-corrected chi connectivity index (χ4v) is 2.92. The van der Waals surface area contributed by atoms with Crippen LogP contribution >= 0.6 is 0 Å².